The zero-order valence-electron chi connectivity index (χ0n) is 7.38. The number of hydrogen-bond acceptors (Lipinski definition) is 3. The van der Waals surface area contributed by atoms with Gasteiger partial charge in [0.2, 0.25) is 11.8 Å². The maximum absolute atomic E-state index is 11.3. The van der Waals surface area contributed by atoms with Crippen molar-refractivity contribution >= 4 is 11.8 Å². The molecule has 74 valence electrons. The Kier molecular flexibility index (Phi) is 3.70. The van der Waals surface area contributed by atoms with E-state index in [4.69, 9.17) is 5.11 Å². The molecule has 0 aliphatic carbocycles. The van der Waals surface area contributed by atoms with E-state index < -0.39 is 0 Å². The van der Waals surface area contributed by atoms with Gasteiger partial charge in [-0.3, -0.25) is 9.59 Å². The molecule has 1 heterocycles. The standard InChI is InChI=1S/C8H14N2O3/c11-5-1-4-9-8(13)6-2-3-7(12)10-6/h6,11H,1-5H2,(H,9,13)(H,10,12)/t6-/m1/s1. The summed E-state index contributed by atoms with van der Waals surface area (Å²) < 4.78 is 0. The fourth-order valence-corrected chi connectivity index (χ4v) is 1.22. The van der Waals surface area contributed by atoms with Crippen LogP contribution in [0.2, 0.25) is 0 Å². The smallest absolute Gasteiger partial charge is 0.242 e. The normalized spacial score (nSPS) is 21.3. The first kappa shape index (κ1) is 9.98. The molecule has 2 amide bonds. The predicted molar refractivity (Wildman–Crippen MR) is 45.9 cm³/mol. The Morgan fingerprint density at radius 3 is 3.00 bits per heavy atom. The topological polar surface area (TPSA) is 78.4 Å². The van der Waals surface area contributed by atoms with Crippen LogP contribution in [-0.2, 0) is 9.59 Å². The molecule has 1 fully saturated rings. The second kappa shape index (κ2) is 4.81. The van der Waals surface area contributed by atoms with Crippen molar-refractivity contribution in [1.29, 1.82) is 0 Å². The highest BCUT2D eigenvalue weighted by molar-refractivity contribution is 5.90. The third kappa shape index (κ3) is 3.02. The Morgan fingerprint density at radius 2 is 2.46 bits per heavy atom. The van der Waals surface area contributed by atoms with Crippen LogP contribution in [0.5, 0.6) is 0 Å². The zero-order valence-corrected chi connectivity index (χ0v) is 7.38. The molecule has 0 saturated carbocycles. The highest BCUT2D eigenvalue weighted by Crippen LogP contribution is 2.05. The van der Waals surface area contributed by atoms with E-state index in [1.807, 2.05) is 0 Å². The van der Waals surface area contributed by atoms with Crippen LogP contribution in [0, 0.1) is 0 Å². The van der Waals surface area contributed by atoms with E-state index in [2.05, 4.69) is 10.6 Å². The quantitative estimate of drug-likeness (QED) is 0.481. The van der Waals surface area contributed by atoms with Gasteiger partial charge in [-0.15, -0.1) is 0 Å². The van der Waals surface area contributed by atoms with Crippen LogP contribution in [0.3, 0.4) is 0 Å². The molecule has 5 nitrogen and oxygen atoms in total. The third-order valence-electron chi connectivity index (χ3n) is 1.95. The molecule has 0 aromatic heterocycles. The Balaban J connectivity index is 2.20. The van der Waals surface area contributed by atoms with Crippen molar-refractivity contribution in [3.63, 3.8) is 0 Å². The SMILES string of the molecule is O=C1CC[C@H](C(=O)NCCCO)N1. The molecule has 1 atom stereocenters. The molecule has 0 spiro atoms. The lowest BCUT2D eigenvalue weighted by molar-refractivity contribution is -0.125. The van der Waals surface area contributed by atoms with Crippen LogP contribution in [-0.4, -0.2) is 36.1 Å². The van der Waals surface area contributed by atoms with Crippen LogP contribution >= 0.6 is 0 Å². The Labute approximate surface area is 76.5 Å². The molecule has 0 aromatic carbocycles. The van der Waals surface area contributed by atoms with Crippen LogP contribution in [0.4, 0.5) is 0 Å². The first-order valence-corrected chi connectivity index (χ1v) is 4.42. The monoisotopic (exact) mass is 186 g/mol. The summed E-state index contributed by atoms with van der Waals surface area (Å²) >= 11 is 0. The van der Waals surface area contributed by atoms with Gasteiger partial charge in [-0.05, 0) is 12.8 Å². The molecule has 0 bridgehead atoms. The van der Waals surface area contributed by atoms with E-state index in [1.54, 1.807) is 0 Å². The van der Waals surface area contributed by atoms with Crippen molar-refractivity contribution in [2.24, 2.45) is 0 Å². The van der Waals surface area contributed by atoms with Gasteiger partial charge in [0.1, 0.15) is 6.04 Å². The molecule has 5 heteroatoms. The molecular weight excluding hydrogens is 172 g/mol. The maximum atomic E-state index is 11.3. The molecule has 1 rings (SSSR count). The third-order valence-corrected chi connectivity index (χ3v) is 1.95. The molecule has 0 aromatic rings. The summed E-state index contributed by atoms with van der Waals surface area (Å²) in [5.74, 6) is -0.221. The first-order valence-electron chi connectivity index (χ1n) is 4.42. The molecule has 0 radical (unpaired) electrons. The Morgan fingerprint density at radius 1 is 1.69 bits per heavy atom. The number of aliphatic hydroxyl groups excluding tert-OH is 1. The van der Waals surface area contributed by atoms with Gasteiger partial charge in [-0.25, -0.2) is 0 Å². The lowest BCUT2D eigenvalue weighted by Crippen LogP contribution is -2.42. The Hall–Kier alpha value is -1.10. The van der Waals surface area contributed by atoms with Crippen molar-refractivity contribution in [3.05, 3.63) is 0 Å². The molecule has 3 N–H and O–H groups in total. The van der Waals surface area contributed by atoms with Gasteiger partial charge in [-0.1, -0.05) is 0 Å². The van der Waals surface area contributed by atoms with Crippen molar-refractivity contribution in [2.75, 3.05) is 13.2 Å². The van der Waals surface area contributed by atoms with Gasteiger partial charge in [-0.2, -0.15) is 0 Å². The summed E-state index contributed by atoms with van der Waals surface area (Å²) in [5, 5.41) is 13.7. The summed E-state index contributed by atoms with van der Waals surface area (Å²) in [6.45, 7) is 0.527. The van der Waals surface area contributed by atoms with Crippen LogP contribution in [0.15, 0.2) is 0 Å². The predicted octanol–water partition coefficient (Wildman–Crippen LogP) is -1.24. The average molecular weight is 186 g/mol. The summed E-state index contributed by atoms with van der Waals surface area (Å²) in [6.07, 6.45) is 1.55. The Bertz CT molecular complexity index is 206. The lowest BCUT2D eigenvalue weighted by Gasteiger charge is -2.09. The van der Waals surface area contributed by atoms with Gasteiger partial charge >= 0.3 is 0 Å². The van der Waals surface area contributed by atoms with Gasteiger partial charge < -0.3 is 15.7 Å². The van der Waals surface area contributed by atoms with Crippen molar-refractivity contribution in [1.82, 2.24) is 10.6 Å². The highest BCUT2D eigenvalue weighted by atomic mass is 16.3. The van der Waals surface area contributed by atoms with E-state index in [0.29, 0.717) is 25.8 Å². The van der Waals surface area contributed by atoms with Crippen molar-refractivity contribution in [3.8, 4) is 0 Å². The van der Waals surface area contributed by atoms with E-state index in [-0.39, 0.29) is 24.5 Å². The number of carbonyl (C=O) groups is 2. The average Bonchev–Trinajstić information content (AvgIpc) is 2.52. The van der Waals surface area contributed by atoms with Gasteiger partial charge in [0.15, 0.2) is 0 Å². The van der Waals surface area contributed by atoms with Crippen molar-refractivity contribution in [2.45, 2.75) is 25.3 Å². The summed E-state index contributed by atoms with van der Waals surface area (Å²) in [6, 6.07) is -0.369. The second-order valence-electron chi connectivity index (χ2n) is 3.03. The number of rotatable bonds is 4. The fourth-order valence-electron chi connectivity index (χ4n) is 1.22. The minimum Gasteiger partial charge on any atom is -0.396 e. The van der Waals surface area contributed by atoms with Gasteiger partial charge in [0, 0.05) is 19.6 Å². The first-order chi connectivity index (χ1) is 6.24. The summed E-state index contributed by atoms with van der Waals surface area (Å²) in [5.41, 5.74) is 0. The number of amides is 2. The molecule has 13 heavy (non-hydrogen) atoms. The lowest BCUT2D eigenvalue weighted by atomic mass is 10.2. The number of aliphatic hydroxyl groups is 1. The van der Waals surface area contributed by atoms with Gasteiger partial charge in [0.25, 0.3) is 0 Å². The summed E-state index contributed by atoms with van der Waals surface area (Å²) in [4.78, 5) is 22.0. The molecule has 1 aliphatic rings. The number of carbonyl (C=O) groups excluding carboxylic acids is 2. The second-order valence-corrected chi connectivity index (χ2v) is 3.03. The number of hydrogen-bond donors (Lipinski definition) is 3. The summed E-state index contributed by atoms with van der Waals surface area (Å²) in [7, 11) is 0. The van der Waals surface area contributed by atoms with E-state index in [9.17, 15) is 9.59 Å². The fraction of sp³-hybridized carbons (Fsp3) is 0.750. The zero-order chi connectivity index (χ0) is 9.68. The minimum atomic E-state index is -0.369. The highest BCUT2D eigenvalue weighted by Gasteiger charge is 2.26. The van der Waals surface area contributed by atoms with Crippen LogP contribution in [0.25, 0.3) is 0 Å². The van der Waals surface area contributed by atoms with Crippen LogP contribution < -0.4 is 10.6 Å². The van der Waals surface area contributed by atoms with E-state index in [1.165, 1.54) is 0 Å². The van der Waals surface area contributed by atoms with E-state index >= 15 is 0 Å². The van der Waals surface area contributed by atoms with Gasteiger partial charge in [0.05, 0.1) is 0 Å². The molecule has 1 saturated heterocycles. The number of nitrogens with one attached hydrogen (secondary N) is 2. The van der Waals surface area contributed by atoms with Crippen LogP contribution in [0.1, 0.15) is 19.3 Å². The molecule has 0 unspecified atom stereocenters. The minimum absolute atomic E-state index is 0.0668. The molecule has 1 aliphatic heterocycles. The molecular formula is C8H14N2O3. The largest absolute Gasteiger partial charge is 0.396 e. The van der Waals surface area contributed by atoms with Crippen molar-refractivity contribution < 1.29 is 14.7 Å². The maximum Gasteiger partial charge on any atom is 0.242 e. The van der Waals surface area contributed by atoms with E-state index in [0.717, 1.165) is 0 Å².